The van der Waals surface area contributed by atoms with Crippen molar-refractivity contribution in [3.8, 4) is 0 Å². The molecular formula is C9H16FNO. The minimum absolute atomic E-state index is 0. The number of nitrogens with one attached hydrogen (secondary N) is 1. The zero-order valence-electron chi connectivity index (χ0n) is 7.34. The summed E-state index contributed by atoms with van der Waals surface area (Å²) >= 11 is 0. The lowest BCUT2D eigenvalue weighted by atomic mass is 10.2. The molecule has 0 radical (unpaired) electrons. The average molecular weight is 173 g/mol. The molecule has 1 rings (SSSR count). The second-order valence-electron chi connectivity index (χ2n) is 1.96. The molecule has 0 aliphatic heterocycles. The fourth-order valence-electron chi connectivity index (χ4n) is 0.694. The van der Waals surface area contributed by atoms with Crippen molar-refractivity contribution in [3.63, 3.8) is 0 Å². The summed E-state index contributed by atoms with van der Waals surface area (Å²) in [4.78, 5) is 0. The van der Waals surface area contributed by atoms with E-state index in [1.54, 1.807) is 12.1 Å². The molecule has 0 heterocycles. The molecule has 0 aliphatic carbocycles. The van der Waals surface area contributed by atoms with E-state index in [1.807, 2.05) is 19.3 Å². The van der Waals surface area contributed by atoms with E-state index in [4.69, 9.17) is 5.21 Å². The zero-order chi connectivity index (χ0) is 9.40. The normalized spacial score (nSPS) is 8.67. The van der Waals surface area contributed by atoms with E-state index in [-0.39, 0.29) is 7.24 Å². The van der Waals surface area contributed by atoms with Crippen LogP contribution in [0.3, 0.4) is 0 Å². The Balaban J connectivity index is 0. The highest BCUT2D eigenvalue weighted by Crippen LogP contribution is 2.01. The second kappa shape index (κ2) is 6.76. The van der Waals surface area contributed by atoms with Gasteiger partial charge in [-0.25, -0.2) is 9.87 Å². The third-order valence-electron chi connectivity index (χ3n) is 1.20. The van der Waals surface area contributed by atoms with Gasteiger partial charge in [0.1, 0.15) is 5.82 Å². The van der Waals surface area contributed by atoms with Crippen molar-refractivity contribution in [2.45, 2.75) is 20.4 Å². The van der Waals surface area contributed by atoms with Gasteiger partial charge in [-0.15, -0.1) is 0 Å². The first-order valence-electron chi connectivity index (χ1n) is 3.94. The predicted octanol–water partition coefficient (Wildman–Crippen LogP) is 2.58. The van der Waals surface area contributed by atoms with Crippen LogP contribution < -0.4 is 5.48 Å². The standard InChI is InChI=1S/C7H8FNO.C2H6.H2/c8-7-3-1-6(2-4-7)5-9-10;1-2;/h1-4,9-10H,5H2;1-2H3;1H. The summed E-state index contributed by atoms with van der Waals surface area (Å²) < 4.78 is 12.2. The Labute approximate surface area is 73.5 Å². The quantitative estimate of drug-likeness (QED) is 0.674. The summed E-state index contributed by atoms with van der Waals surface area (Å²) in [5.41, 5.74) is 2.83. The van der Waals surface area contributed by atoms with Crippen LogP contribution in [0.1, 0.15) is 20.8 Å². The number of halogens is 1. The second-order valence-corrected chi connectivity index (χ2v) is 1.96. The Bertz CT molecular complexity index is 203. The van der Waals surface area contributed by atoms with E-state index < -0.39 is 0 Å². The first-order chi connectivity index (χ1) is 5.83. The molecule has 0 unspecified atom stereocenters. The molecule has 0 saturated heterocycles. The van der Waals surface area contributed by atoms with Gasteiger partial charge in [0.05, 0.1) is 0 Å². The lowest BCUT2D eigenvalue weighted by Gasteiger charge is -1.96. The van der Waals surface area contributed by atoms with Crippen LogP contribution in [0.2, 0.25) is 0 Å². The lowest BCUT2D eigenvalue weighted by molar-refractivity contribution is 0.161. The van der Waals surface area contributed by atoms with Gasteiger partial charge < -0.3 is 5.21 Å². The summed E-state index contributed by atoms with van der Waals surface area (Å²) in [7, 11) is 0. The maximum Gasteiger partial charge on any atom is 0.123 e. The van der Waals surface area contributed by atoms with E-state index in [0.29, 0.717) is 6.54 Å². The first-order valence-corrected chi connectivity index (χ1v) is 3.94. The first kappa shape index (κ1) is 11.1. The van der Waals surface area contributed by atoms with Crippen LogP contribution in [-0.2, 0) is 6.54 Å². The topological polar surface area (TPSA) is 32.3 Å². The largest absolute Gasteiger partial charge is 0.316 e. The third-order valence-corrected chi connectivity index (χ3v) is 1.20. The van der Waals surface area contributed by atoms with Crippen molar-refractivity contribution in [3.05, 3.63) is 35.6 Å². The van der Waals surface area contributed by atoms with Crippen LogP contribution in [0.4, 0.5) is 4.39 Å². The highest BCUT2D eigenvalue weighted by Gasteiger charge is 1.90. The van der Waals surface area contributed by atoms with Gasteiger partial charge in [0.15, 0.2) is 0 Å². The van der Waals surface area contributed by atoms with Crippen LogP contribution in [0.5, 0.6) is 0 Å². The van der Waals surface area contributed by atoms with E-state index in [0.717, 1.165) is 5.56 Å². The van der Waals surface area contributed by atoms with Gasteiger partial charge in [-0.2, -0.15) is 0 Å². The van der Waals surface area contributed by atoms with Gasteiger partial charge in [0.2, 0.25) is 0 Å². The number of benzene rings is 1. The lowest BCUT2D eigenvalue weighted by Crippen LogP contribution is -2.05. The molecule has 0 bridgehead atoms. The van der Waals surface area contributed by atoms with Crippen LogP contribution in [0.15, 0.2) is 24.3 Å². The van der Waals surface area contributed by atoms with E-state index in [1.165, 1.54) is 12.1 Å². The van der Waals surface area contributed by atoms with Crippen LogP contribution in [-0.4, -0.2) is 5.21 Å². The summed E-state index contributed by atoms with van der Waals surface area (Å²) in [5.74, 6) is -0.262. The molecule has 0 amide bonds. The fourth-order valence-corrected chi connectivity index (χ4v) is 0.694. The zero-order valence-corrected chi connectivity index (χ0v) is 7.34. The minimum atomic E-state index is -0.262. The van der Waals surface area contributed by atoms with Gasteiger partial charge in [-0.3, -0.25) is 0 Å². The Kier molecular flexibility index (Phi) is 6.24. The molecule has 3 heteroatoms. The molecule has 0 fully saturated rings. The molecule has 70 valence electrons. The molecule has 1 aromatic rings. The molecule has 1 aromatic carbocycles. The average Bonchev–Trinajstić information content (AvgIpc) is 2.13. The molecule has 12 heavy (non-hydrogen) atoms. The van der Waals surface area contributed by atoms with Gasteiger partial charge in [-0.05, 0) is 17.7 Å². The SMILES string of the molecule is CC.ONCc1ccc(F)cc1.[HH]. The molecular weight excluding hydrogens is 157 g/mol. The Hall–Kier alpha value is -0.930. The fraction of sp³-hybridized carbons (Fsp3) is 0.333. The molecule has 0 atom stereocenters. The predicted molar refractivity (Wildman–Crippen MR) is 48.5 cm³/mol. The summed E-state index contributed by atoms with van der Waals surface area (Å²) in [6.07, 6.45) is 0. The van der Waals surface area contributed by atoms with Crippen molar-refractivity contribution in [2.24, 2.45) is 0 Å². The van der Waals surface area contributed by atoms with Crippen molar-refractivity contribution < 1.29 is 11.0 Å². The number of hydrogen-bond donors (Lipinski definition) is 2. The maximum absolute atomic E-state index is 12.2. The highest BCUT2D eigenvalue weighted by molar-refractivity contribution is 5.15. The van der Waals surface area contributed by atoms with Crippen LogP contribution in [0.25, 0.3) is 0 Å². The summed E-state index contributed by atoms with van der Waals surface area (Å²) in [5, 5.41) is 8.25. The third kappa shape index (κ3) is 4.05. The van der Waals surface area contributed by atoms with Gasteiger partial charge in [0, 0.05) is 7.97 Å². The van der Waals surface area contributed by atoms with Gasteiger partial charge >= 0.3 is 0 Å². The summed E-state index contributed by atoms with van der Waals surface area (Å²) in [6.45, 7) is 4.35. The van der Waals surface area contributed by atoms with Crippen LogP contribution in [0, 0.1) is 5.82 Å². The maximum atomic E-state index is 12.2. The molecule has 0 saturated carbocycles. The van der Waals surface area contributed by atoms with Crippen LogP contribution >= 0.6 is 0 Å². The Morgan fingerprint density at radius 1 is 1.33 bits per heavy atom. The van der Waals surface area contributed by atoms with Crippen molar-refractivity contribution >= 4 is 0 Å². The van der Waals surface area contributed by atoms with E-state index in [9.17, 15) is 4.39 Å². The molecule has 2 N–H and O–H groups in total. The van der Waals surface area contributed by atoms with Gasteiger partial charge in [0.25, 0.3) is 0 Å². The Morgan fingerprint density at radius 2 is 1.83 bits per heavy atom. The van der Waals surface area contributed by atoms with E-state index in [2.05, 4.69) is 0 Å². The van der Waals surface area contributed by atoms with Gasteiger partial charge in [-0.1, -0.05) is 26.0 Å². The molecule has 0 aliphatic rings. The number of hydroxylamine groups is 1. The highest BCUT2D eigenvalue weighted by atomic mass is 19.1. The Morgan fingerprint density at radius 3 is 2.25 bits per heavy atom. The van der Waals surface area contributed by atoms with Crippen molar-refractivity contribution in [1.29, 1.82) is 0 Å². The number of rotatable bonds is 2. The molecule has 0 aromatic heterocycles. The molecule has 0 spiro atoms. The molecule has 2 nitrogen and oxygen atoms in total. The van der Waals surface area contributed by atoms with E-state index >= 15 is 0 Å². The summed E-state index contributed by atoms with van der Waals surface area (Å²) in [6, 6.07) is 5.93. The number of hydrogen-bond acceptors (Lipinski definition) is 2. The van der Waals surface area contributed by atoms with Crippen molar-refractivity contribution in [2.75, 3.05) is 0 Å². The monoisotopic (exact) mass is 173 g/mol. The minimum Gasteiger partial charge on any atom is -0.316 e. The van der Waals surface area contributed by atoms with Crippen molar-refractivity contribution in [1.82, 2.24) is 5.48 Å². The smallest absolute Gasteiger partial charge is 0.123 e.